The maximum atomic E-state index is 9.57. The van der Waals surface area contributed by atoms with E-state index in [1.54, 1.807) is 21.3 Å². The van der Waals surface area contributed by atoms with Crippen LogP contribution >= 0.6 is 0 Å². The van der Waals surface area contributed by atoms with Crippen LogP contribution < -0.4 is 19.5 Å². The summed E-state index contributed by atoms with van der Waals surface area (Å²) in [5, 5.41) is 12.9. The largest absolute Gasteiger partial charge is 0.493 e. The number of benzene rings is 1. The zero-order valence-electron chi connectivity index (χ0n) is 12.9. The number of hydrogen-bond donors (Lipinski definition) is 2. The van der Waals surface area contributed by atoms with Gasteiger partial charge in [0.2, 0.25) is 5.75 Å². The lowest BCUT2D eigenvalue weighted by Gasteiger charge is -2.21. The molecule has 2 N–H and O–H groups in total. The minimum atomic E-state index is -0.161. The van der Waals surface area contributed by atoms with Crippen molar-refractivity contribution in [1.29, 1.82) is 0 Å². The first-order chi connectivity index (χ1) is 9.57. The summed E-state index contributed by atoms with van der Waals surface area (Å²) in [5.74, 6) is 2.24. The molecule has 0 bridgehead atoms. The minimum Gasteiger partial charge on any atom is -0.493 e. The highest BCUT2D eigenvalue weighted by molar-refractivity contribution is 5.54. The predicted molar refractivity (Wildman–Crippen MR) is 78.8 cm³/mol. The molecule has 0 spiro atoms. The molecule has 0 saturated heterocycles. The maximum absolute atomic E-state index is 9.57. The normalized spacial score (nSPS) is 12.3. The fraction of sp³-hybridized carbons (Fsp3) is 0.600. The van der Waals surface area contributed by atoms with Gasteiger partial charge in [-0.15, -0.1) is 0 Å². The topological polar surface area (TPSA) is 60.0 Å². The Bertz CT molecular complexity index is 395. The van der Waals surface area contributed by atoms with Crippen molar-refractivity contribution >= 4 is 0 Å². The van der Waals surface area contributed by atoms with Crippen LogP contribution in [0.3, 0.4) is 0 Å². The first-order valence-electron chi connectivity index (χ1n) is 6.71. The van der Waals surface area contributed by atoms with E-state index >= 15 is 0 Å². The van der Waals surface area contributed by atoms with Gasteiger partial charge in [0.1, 0.15) is 0 Å². The monoisotopic (exact) mass is 283 g/mol. The number of aliphatic hydroxyl groups is 1. The molecule has 1 aromatic rings. The fourth-order valence-corrected chi connectivity index (χ4v) is 1.97. The summed E-state index contributed by atoms with van der Waals surface area (Å²) < 4.78 is 15.9. The van der Waals surface area contributed by atoms with Gasteiger partial charge in [0.25, 0.3) is 0 Å². The summed E-state index contributed by atoms with van der Waals surface area (Å²) in [6, 6.07) is 3.55. The number of ether oxygens (including phenoxy) is 3. The molecular weight excluding hydrogens is 258 g/mol. The molecule has 0 aliphatic carbocycles. The third-order valence-electron chi connectivity index (χ3n) is 3.04. The highest BCUT2D eigenvalue weighted by Gasteiger charge is 2.18. The van der Waals surface area contributed by atoms with Gasteiger partial charge in [-0.1, -0.05) is 13.8 Å². The van der Waals surface area contributed by atoms with Crippen molar-refractivity contribution in [2.75, 3.05) is 34.5 Å². The van der Waals surface area contributed by atoms with E-state index in [0.29, 0.717) is 23.2 Å². The number of nitrogens with one attached hydrogen (secondary N) is 1. The second-order valence-electron chi connectivity index (χ2n) is 5.00. The number of aliphatic hydroxyl groups excluding tert-OH is 1. The van der Waals surface area contributed by atoms with Crippen molar-refractivity contribution in [3.05, 3.63) is 17.7 Å². The minimum absolute atomic E-state index is 0.00531. The molecule has 5 nitrogen and oxygen atoms in total. The summed E-state index contributed by atoms with van der Waals surface area (Å²) in [5.41, 5.74) is 0.905. The number of hydrogen-bond acceptors (Lipinski definition) is 5. The van der Waals surface area contributed by atoms with Crippen LogP contribution in [0, 0.1) is 5.92 Å². The van der Waals surface area contributed by atoms with Crippen LogP contribution in [0.25, 0.3) is 0 Å². The van der Waals surface area contributed by atoms with Crippen LogP contribution in [0.15, 0.2) is 12.1 Å². The van der Waals surface area contributed by atoms with Crippen molar-refractivity contribution in [1.82, 2.24) is 5.32 Å². The van der Waals surface area contributed by atoms with Gasteiger partial charge in [-0.3, -0.25) is 0 Å². The average Bonchev–Trinajstić information content (AvgIpc) is 2.46. The Kier molecular flexibility index (Phi) is 6.61. The summed E-state index contributed by atoms with van der Waals surface area (Å²) >= 11 is 0. The molecule has 0 aliphatic heterocycles. The Labute approximate surface area is 120 Å². The predicted octanol–water partition coefficient (Wildman–Crippen LogP) is 1.99. The van der Waals surface area contributed by atoms with Crippen molar-refractivity contribution in [3.63, 3.8) is 0 Å². The molecule has 1 aromatic carbocycles. The van der Waals surface area contributed by atoms with E-state index in [1.807, 2.05) is 12.1 Å². The van der Waals surface area contributed by atoms with Crippen molar-refractivity contribution in [3.8, 4) is 17.2 Å². The second-order valence-corrected chi connectivity index (χ2v) is 5.00. The molecule has 0 amide bonds. The van der Waals surface area contributed by atoms with E-state index in [2.05, 4.69) is 19.2 Å². The van der Waals surface area contributed by atoms with E-state index in [0.717, 1.165) is 12.1 Å². The summed E-state index contributed by atoms with van der Waals surface area (Å²) in [6.45, 7) is 5.07. The van der Waals surface area contributed by atoms with E-state index in [1.165, 1.54) is 0 Å². The maximum Gasteiger partial charge on any atom is 0.203 e. The summed E-state index contributed by atoms with van der Waals surface area (Å²) in [4.78, 5) is 0. The quantitative estimate of drug-likeness (QED) is 0.764. The summed E-state index contributed by atoms with van der Waals surface area (Å²) in [7, 11) is 4.73. The zero-order valence-corrected chi connectivity index (χ0v) is 12.9. The van der Waals surface area contributed by atoms with Crippen molar-refractivity contribution in [2.24, 2.45) is 5.92 Å². The van der Waals surface area contributed by atoms with Crippen LogP contribution in [0.4, 0.5) is 0 Å². The van der Waals surface area contributed by atoms with Gasteiger partial charge in [-0.25, -0.2) is 0 Å². The fourth-order valence-electron chi connectivity index (χ4n) is 1.97. The molecular formula is C15H25NO4. The first kappa shape index (κ1) is 16.6. The van der Waals surface area contributed by atoms with Crippen LogP contribution in [-0.2, 0) is 0 Å². The number of rotatable bonds is 8. The lowest BCUT2D eigenvalue weighted by Crippen LogP contribution is -2.28. The first-order valence-corrected chi connectivity index (χ1v) is 6.71. The van der Waals surface area contributed by atoms with Crippen molar-refractivity contribution in [2.45, 2.75) is 19.9 Å². The van der Waals surface area contributed by atoms with Gasteiger partial charge in [-0.05, 0) is 30.2 Å². The van der Waals surface area contributed by atoms with Crippen molar-refractivity contribution < 1.29 is 19.3 Å². The van der Waals surface area contributed by atoms with Crippen LogP contribution in [0.1, 0.15) is 25.5 Å². The molecule has 5 heteroatoms. The summed E-state index contributed by atoms with van der Waals surface area (Å²) in [6.07, 6.45) is 0. The molecule has 0 fully saturated rings. The molecule has 1 unspecified atom stereocenters. The van der Waals surface area contributed by atoms with E-state index < -0.39 is 0 Å². The van der Waals surface area contributed by atoms with Crippen LogP contribution in [0.2, 0.25) is 0 Å². The SMILES string of the molecule is COc1cc(C(CO)NCC(C)C)cc(OC)c1OC. The Hall–Kier alpha value is -1.46. The molecule has 1 atom stereocenters. The Morgan fingerprint density at radius 3 is 1.95 bits per heavy atom. The lowest BCUT2D eigenvalue weighted by atomic mass is 10.0. The van der Waals surface area contributed by atoms with Gasteiger partial charge in [0.15, 0.2) is 11.5 Å². The Morgan fingerprint density at radius 2 is 1.60 bits per heavy atom. The molecule has 0 aliphatic rings. The molecule has 20 heavy (non-hydrogen) atoms. The molecule has 0 radical (unpaired) electrons. The van der Waals surface area contributed by atoms with Gasteiger partial charge in [0, 0.05) is 0 Å². The molecule has 114 valence electrons. The molecule has 0 saturated carbocycles. The molecule has 1 rings (SSSR count). The third kappa shape index (κ3) is 4.02. The van der Waals surface area contributed by atoms with Crippen LogP contribution in [-0.4, -0.2) is 39.6 Å². The lowest BCUT2D eigenvalue weighted by molar-refractivity contribution is 0.240. The molecule has 0 heterocycles. The highest BCUT2D eigenvalue weighted by Crippen LogP contribution is 2.39. The Balaban J connectivity index is 3.09. The van der Waals surface area contributed by atoms with Gasteiger partial charge in [0.05, 0.1) is 34.0 Å². The van der Waals surface area contributed by atoms with E-state index in [-0.39, 0.29) is 12.6 Å². The number of methoxy groups -OCH3 is 3. The van der Waals surface area contributed by atoms with E-state index in [4.69, 9.17) is 14.2 Å². The highest BCUT2D eigenvalue weighted by atomic mass is 16.5. The van der Waals surface area contributed by atoms with Crippen LogP contribution in [0.5, 0.6) is 17.2 Å². The third-order valence-corrected chi connectivity index (χ3v) is 3.04. The molecule has 0 aromatic heterocycles. The Morgan fingerprint density at radius 1 is 1.05 bits per heavy atom. The van der Waals surface area contributed by atoms with E-state index in [9.17, 15) is 5.11 Å². The van der Waals surface area contributed by atoms with Gasteiger partial charge >= 0.3 is 0 Å². The second kappa shape index (κ2) is 7.97. The standard InChI is InChI=1S/C15H25NO4/c1-10(2)8-16-12(9-17)11-6-13(18-3)15(20-5)14(7-11)19-4/h6-7,10,12,16-17H,8-9H2,1-5H3. The van der Waals surface area contributed by atoms with Gasteiger partial charge < -0.3 is 24.6 Å². The van der Waals surface area contributed by atoms with Gasteiger partial charge in [-0.2, -0.15) is 0 Å². The average molecular weight is 283 g/mol. The zero-order chi connectivity index (χ0) is 15.1. The smallest absolute Gasteiger partial charge is 0.203 e.